The van der Waals surface area contributed by atoms with Crippen molar-refractivity contribution in [2.45, 2.75) is 31.8 Å². The molecule has 1 aliphatic heterocycles. The summed E-state index contributed by atoms with van der Waals surface area (Å²) in [5.74, 6) is 0.521. The lowest BCUT2D eigenvalue weighted by molar-refractivity contribution is 0.146. The molecule has 0 aliphatic carbocycles. The minimum Gasteiger partial charge on any atom is -0.495 e. The summed E-state index contributed by atoms with van der Waals surface area (Å²) in [6.07, 6.45) is 1.98. The van der Waals surface area contributed by atoms with Crippen LogP contribution in [0.15, 0.2) is 12.1 Å². The fraction of sp³-hybridized carbons (Fsp3) is 0.588. The molecule has 0 radical (unpaired) electrons. The predicted octanol–water partition coefficient (Wildman–Crippen LogP) is 3.80. The maximum Gasteiger partial charge on any atom is 0.317 e. The lowest BCUT2D eigenvalue weighted by Crippen LogP contribution is -2.48. The molecule has 0 unspecified atom stereocenters. The molecule has 7 heteroatoms. The highest BCUT2D eigenvalue weighted by molar-refractivity contribution is 6.43. The minimum atomic E-state index is -0.248. The number of ether oxygens (including phenoxy) is 1. The van der Waals surface area contributed by atoms with E-state index in [-0.39, 0.29) is 18.1 Å². The van der Waals surface area contributed by atoms with Crippen LogP contribution in [0.1, 0.15) is 31.4 Å². The minimum absolute atomic E-state index is 0.0972. The number of urea groups is 1. The molecule has 5 nitrogen and oxygen atoms in total. The van der Waals surface area contributed by atoms with Crippen LogP contribution >= 0.6 is 23.2 Å². The third-order valence-corrected chi connectivity index (χ3v) is 5.54. The number of nitrogens with zero attached hydrogens (tertiary/aromatic N) is 2. The Bertz CT molecular complexity index is 589. The number of carbonyl (C=O) groups is 1. The van der Waals surface area contributed by atoms with E-state index in [2.05, 4.69) is 17.3 Å². The van der Waals surface area contributed by atoms with Crippen molar-refractivity contribution in [1.29, 1.82) is 0 Å². The van der Waals surface area contributed by atoms with Crippen LogP contribution in [0.3, 0.4) is 0 Å². The molecule has 1 aromatic carbocycles. The lowest BCUT2D eigenvalue weighted by Gasteiger charge is -2.35. The fourth-order valence-corrected chi connectivity index (χ4v) is 3.52. The number of rotatable bonds is 4. The van der Waals surface area contributed by atoms with Gasteiger partial charge in [-0.1, -0.05) is 29.3 Å². The largest absolute Gasteiger partial charge is 0.495 e. The monoisotopic (exact) mass is 373 g/mol. The summed E-state index contributed by atoms with van der Waals surface area (Å²) in [6.45, 7) is 3.92. The Labute approximate surface area is 153 Å². The van der Waals surface area contributed by atoms with Crippen LogP contribution in [0.4, 0.5) is 4.79 Å². The van der Waals surface area contributed by atoms with Crippen LogP contribution in [-0.2, 0) is 0 Å². The highest BCUT2D eigenvalue weighted by atomic mass is 35.5. The zero-order chi connectivity index (χ0) is 17.9. The third-order valence-electron chi connectivity index (χ3n) is 4.66. The zero-order valence-electron chi connectivity index (χ0n) is 14.6. The number of methoxy groups -OCH3 is 1. The summed E-state index contributed by atoms with van der Waals surface area (Å²) in [5.41, 5.74) is 0.771. The number of benzene rings is 1. The molecule has 1 N–H and O–H groups in total. The standard InChI is InChI=1S/C17H25Cl2N3O2/c1-11(13-5-6-14(24-4)16(19)15(13)18)20-17(23)22(3)12-7-9-21(2)10-8-12/h5-6,11-12H,7-10H2,1-4H3,(H,20,23)/t11-/m0/s1. The summed E-state index contributed by atoms with van der Waals surface area (Å²) < 4.78 is 5.15. The summed E-state index contributed by atoms with van der Waals surface area (Å²) in [6, 6.07) is 3.51. The molecule has 1 fully saturated rings. The van der Waals surface area contributed by atoms with Gasteiger partial charge in [-0.3, -0.25) is 0 Å². The molecule has 1 atom stereocenters. The second-order valence-corrected chi connectivity index (χ2v) is 7.06. The van der Waals surface area contributed by atoms with Gasteiger partial charge in [-0.15, -0.1) is 0 Å². The number of halogens is 2. The van der Waals surface area contributed by atoms with E-state index in [1.807, 2.05) is 20.0 Å². The smallest absolute Gasteiger partial charge is 0.317 e. The number of hydrogen-bond donors (Lipinski definition) is 1. The lowest BCUT2D eigenvalue weighted by atomic mass is 10.0. The molecule has 0 aromatic heterocycles. The molecule has 0 bridgehead atoms. The van der Waals surface area contributed by atoms with Crippen LogP contribution in [-0.4, -0.2) is 56.2 Å². The van der Waals surface area contributed by atoms with Gasteiger partial charge >= 0.3 is 6.03 Å². The molecule has 0 saturated carbocycles. The molecular formula is C17H25Cl2N3O2. The highest BCUT2D eigenvalue weighted by Crippen LogP contribution is 2.37. The quantitative estimate of drug-likeness (QED) is 0.872. The van der Waals surface area contributed by atoms with E-state index in [4.69, 9.17) is 27.9 Å². The van der Waals surface area contributed by atoms with E-state index in [9.17, 15) is 4.79 Å². The summed E-state index contributed by atoms with van der Waals surface area (Å²) >= 11 is 12.5. The van der Waals surface area contributed by atoms with Crippen LogP contribution in [0.2, 0.25) is 10.0 Å². The van der Waals surface area contributed by atoms with Gasteiger partial charge in [0.25, 0.3) is 0 Å². The maximum atomic E-state index is 12.5. The van der Waals surface area contributed by atoms with Gasteiger partial charge < -0.3 is 19.9 Å². The van der Waals surface area contributed by atoms with Crippen molar-refractivity contribution in [3.05, 3.63) is 27.7 Å². The molecule has 0 spiro atoms. The molecule has 134 valence electrons. The Balaban J connectivity index is 2.02. The molecule has 1 heterocycles. The van der Waals surface area contributed by atoms with Gasteiger partial charge in [-0.2, -0.15) is 0 Å². The van der Waals surface area contributed by atoms with Crippen LogP contribution < -0.4 is 10.1 Å². The number of carbonyl (C=O) groups excluding carboxylic acids is 1. The van der Waals surface area contributed by atoms with E-state index in [1.165, 1.54) is 0 Å². The topological polar surface area (TPSA) is 44.8 Å². The fourth-order valence-electron chi connectivity index (χ4n) is 2.95. The van der Waals surface area contributed by atoms with Crippen molar-refractivity contribution in [1.82, 2.24) is 15.1 Å². The molecule has 1 saturated heterocycles. The number of amides is 2. The summed E-state index contributed by atoms with van der Waals surface area (Å²) in [5, 5.41) is 3.77. The van der Waals surface area contributed by atoms with Crippen LogP contribution in [0.25, 0.3) is 0 Å². The summed E-state index contributed by atoms with van der Waals surface area (Å²) in [7, 11) is 5.49. The van der Waals surface area contributed by atoms with E-state index in [0.717, 1.165) is 31.5 Å². The first kappa shape index (κ1) is 19.2. The van der Waals surface area contributed by atoms with Crippen molar-refractivity contribution in [3.8, 4) is 5.75 Å². The number of piperidine rings is 1. The Morgan fingerprint density at radius 3 is 2.54 bits per heavy atom. The maximum absolute atomic E-state index is 12.5. The second-order valence-electron chi connectivity index (χ2n) is 6.30. The van der Waals surface area contributed by atoms with Gasteiger partial charge in [0.05, 0.1) is 18.2 Å². The Morgan fingerprint density at radius 2 is 1.96 bits per heavy atom. The molecular weight excluding hydrogens is 349 g/mol. The van der Waals surface area contributed by atoms with Gasteiger partial charge in [0.2, 0.25) is 0 Å². The molecule has 24 heavy (non-hydrogen) atoms. The first-order chi connectivity index (χ1) is 11.3. The van der Waals surface area contributed by atoms with Crippen LogP contribution in [0.5, 0.6) is 5.75 Å². The van der Waals surface area contributed by atoms with Gasteiger partial charge in [-0.05, 0) is 51.5 Å². The SMILES string of the molecule is COc1ccc([C@H](C)NC(=O)N(C)C2CCN(C)CC2)c(Cl)c1Cl. The van der Waals surface area contributed by atoms with E-state index in [0.29, 0.717) is 15.8 Å². The van der Waals surface area contributed by atoms with Gasteiger partial charge in [0.1, 0.15) is 10.8 Å². The molecule has 2 amide bonds. The molecule has 2 rings (SSSR count). The molecule has 1 aliphatic rings. The van der Waals surface area contributed by atoms with E-state index in [1.54, 1.807) is 18.1 Å². The average molecular weight is 374 g/mol. The van der Waals surface area contributed by atoms with Crippen molar-refractivity contribution < 1.29 is 9.53 Å². The number of hydrogen-bond acceptors (Lipinski definition) is 3. The number of nitrogens with one attached hydrogen (secondary N) is 1. The van der Waals surface area contributed by atoms with Gasteiger partial charge in [0.15, 0.2) is 0 Å². The number of likely N-dealkylation sites (tertiary alicyclic amines) is 1. The second kappa shape index (κ2) is 8.28. The normalized spacial score (nSPS) is 17.4. The van der Waals surface area contributed by atoms with Crippen molar-refractivity contribution in [2.24, 2.45) is 0 Å². The highest BCUT2D eigenvalue weighted by Gasteiger charge is 2.25. The predicted molar refractivity (Wildman–Crippen MR) is 98.2 cm³/mol. The van der Waals surface area contributed by atoms with Crippen molar-refractivity contribution in [3.63, 3.8) is 0 Å². The van der Waals surface area contributed by atoms with E-state index >= 15 is 0 Å². The first-order valence-corrected chi connectivity index (χ1v) is 8.84. The van der Waals surface area contributed by atoms with E-state index < -0.39 is 0 Å². The van der Waals surface area contributed by atoms with Crippen molar-refractivity contribution in [2.75, 3.05) is 34.3 Å². The first-order valence-electron chi connectivity index (χ1n) is 8.09. The average Bonchev–Trinajstić information content (AvgIpc) is 2.57. The summed E-state index contributed by atoms with van der Waals surface area (Å²) in [4.78, 5) is 16.6. The van der Waals surface area contributed by atoms with Crippen molar-refractivity contribution >= 4 is 29.2 Å². The van der Waals surface area contributed by atoms with Gasteiger partial charge in [-0.25, -0.2) is 4.79 Å². The Hall–Kier alpha value is -1.17. The Kier molecular flexibility index (Phi) is 6.61. The Morgan fingerprint density at radius 1 is 1.33 bits per heavy atom. The molecule has 1 aromatic rings. The zero-order valence-corrected chi connectivity index (χ0v) is 16.1. The van der Waals surface area contributed by atoms with Gasteiger partial charge in [0, 0.05) is 13.1 Å². The van der Waals surface area contributed by atoms with Crippen LogP contribution in [0, 0.1) is 0 Å². The third kappa shape index (κ3) is 4.26.